The molecule has 2 saturated heterocycles. The predicted molar refractivity (Wildman–Crippen MR) is 99.1 cm³/mol. The predicted octanol–water partition coefficient (Wildman–Crippen LogP) is 2.94. The number of piperidine rings is 1. The number of hydrogen-bond acceptors (Lipinski definition) is 4. The van der Waals surface area contributed by atoms with Crippen molar-refractivity contribution < 1.29 is 9.53 Å². The Morgan fingerprint density at radius 1 is 1.12 bits per heavy atom. The normalized spacial score (nSPS) is 19.4. The van der Waals surface area contributed by atoms with E-state index in [1.54, 1.807) is 0 Å². The fourth-order valence-corrected chi connectivity index (χ4v) is 3.67. The molecule has 2 aliphatic rings. The van der Waals surface area contributed by atoms with Gasteiger partial charge in [0.1, 0.15) is 5.82 Å². The lowest BCUT2D eigenvalue weighted by molar-refractivity contribution is 0.0699. The molecule has 1 amide bonds. The summed E-state index contributed by atoms with van der Waals surface area (Å²) in [6.07, 6.45) is 2.18. The minimum atomic E-state index is 0.139. The number of morpholine rings is 1. The van der Waals surface area contributed by atoms with E-state index in [0.717, 1.165) is 61.3 Å². The zero-order chi connectivity index (χ0) is 17.2. The molecule has 3 heterocycles. The number of rotatable bonds is 2. The Bertz CT molecular complexity index is 763. The topological polar surface area (TPSA) is 45.7 Å². The standard InChI is InChI=1S/C20H25N3O2/c1-15-6-8-23(9-7-15)20(24)17-14-19(22-10-12-25-13-11-22)21-18-5-3-2-4-16(17)18/h2-5,14-15H,6-13H2,1H3. The van der Waals surface area contributed by atoms with Gasteiger partial charge in [-0.2, -0.15) is 0 Å². The summed E-state index contributed by atoms with van der Waals surface area (Å²) in [4.78, 5) is 22.2. The highest BCUT2D eigenvalue weighted by atomic mass is 16.5. The summed E-state index contributed by atoms with van der Waals surface area (Å²) in [7, 11) is 0. The maximum atomic E-state index is 13.2. The Kier molecular flexibility index (Phi) is 4.57. The Hall–Kier alpha value is -2.14. The van der Waals surface area contributed by atoms with Gasteiger partial charge >= 0.3 is 0 Å². The van der Waals surface area contributed by atoms with Gasteiger partial charge in [0.2, 0.25) is 0 Å². The third kappa shape index (κ3) is 3.33. The monoisotopic (exact) mass is 339 g/mol. The average molecular weight is 339 g/mol. The van der Waals surface area contributed by atoms with Crippen molar-refractivity contribution in [1.82, 2.24) is 9.88 Å². The van der Waals surface area contributed by atoms with Crippen LogP contribution in [-0.2, 0) is 4.74 Å². The second-order valence-electron chi connectivity index (χ2n) is 7.12. The molecule has 2 aliphatic heterocycles. The van der Waals surface area contributed by atoms with Crippen molar-refractivity contribution in [2.45, 2.75) is 19.8 Å². The van der Waals surface area contributed by atoms with Gasteiger partial charge in [-0.3, -0.25) is 4.79 Å². The van der Waals surface area contributed by atoms with Crippen LogP contribution in [0.3, 0.4) is 0 Å². The van der Waals surface area contributed by atoms with E-state index in [1.807, 2.05) is 35.2 Å². The molecule has 1 aromatic carbocycles. The van der Waals surface area contributed by atoms with Gasteiger partial charge in [-0.05, 0) is 30.9 Å². The maximum absolute atomic E-state index is 13.2. The van der Waals surface area contributed by atoms with E-state index in [4.69, 9.17) is 9.72 Å². The molecule has 0 saturated carbocycles. The lowest BCUT2D eigenvalue weighted by Crippen LogP contribution is -2.39. The molecular formula is C20H25N3O2. The molecule has 0 unspecified atom stereocenters. The summed E-state index contributed by atoms with van der Waals surface area (Å²) in [5, 5.41) is 0.947. The Morgan fingerprint density at radius 2 is 1.84 bits per heavy atom. The third-order valence-corrected chi connectivity index (χ3v) is 5.34. The van der Waals surface area contributed by atoms with Gasteiger partial charge in [0.05, 0.1) is 24.3 Å². The number of pyridine rings is 1. The smallest absolute Gasteiger partial charge is 0.254 e. The first-order chi connectivity index (χ1) is 12.2. The third-order valence-electron chi connectivity index (χ3n) is 5.34. The number of para-hydroxylation sites is 1. The Morgan fingerprint density at radius 3 is 2.60 bits per heavy atom. The SMILES string of the molecule is CC1CCN(C(=O)c2cc(N3CCOCC3)nc3ccccc23)CC1. The number of likely N-dealkylation sites (tertiary alicyclic amines) is 1. The molecule has 2 fully saturated rings. The molecular weight excluding hydrogens is 314 g/mol. The van der Waals surface area contributed by atoms with Crippen LogP contribution in [0.2, 0.25) is 0 Å². The minimum Gasteiger partial charge on any atom is -0.378 e. The van der Waals surface area contributed by atoms with Crippen LogP contribution in [-0.4, -0.2) is 55.2 Å². The van der Waals surface area contributed by atoms with Crippen LogP contribution >= 0.6 is 0 Å². The summed E-state index contributed by atoms with van der Waals surface area (Å²) >= 11 is 0. The highest BCUT2D eigenvalue weighted by molar-refractivity contribution is 6.07. The van der Waals surface area contributed by atoms with Crippen LogP contribution in [0.25, 0.3) is 10.9 Å². The van der Waals surface area contributed by atoms with Crippen LogP contribution in [0.5, 0.6) is 0 Å². The summed E-state index contributed by atoms with van der Waals surface area (Å²) in [6, 6.07) is 9.94. The number of fused-ring (bicyclic) bond motifs is 1. The van der Waals surface area contributed by atoms with E-state index in [-0.39, 0.29) is 5.91 Å². The van der Waals surface area contributed by atoms with E-state index in [1.165, 1.54) is 0 Å². The van der Waals surface area contributed by atoms with Crippen LogP contribution in [0.15, 0.2) is 30.3 Å². The van der Waals surface area contributed by atoms with Gasteiger partial charge in [-0.15, -0.1) is 0 Å². The summed E-state index contributed by atoms with van der Waals surface area (Å²) < 4.78 is 5.45. The first-order valence-corrected chi connectivity index (χ1v) is 9.24. The van der Waals surface area contributed by atoms with E-state index < -0.39 is 0 Å². The molecule has 0 bridgehead atoms. The molecule has 2 aromatic rings. The van der Waals surface area contributed by atoms with E-state index in [9.17, 15) is 4.79 Å². The molecule has 0 aliphatic carbocycles. The number of hydrogen-bond donors (Lipinski definition) is 0. The number of ether oxygens (including phenoxy) is 1. The second kappa shape index (κ2) is 7.00. The summed E-state index contributed by atoms with van der Waals surface area (Å²) in [6.45, 7) is 7.03. The second-order valence-corrected chi connectivity index (χ2v) is 7.12. The quantitative estimate of drug-likeness (QED) is 0.844. The van der Waals surface area contributed by atoms with Crippen LogP contribution < -0.4 is 4.90 Å². The molecule has 5 heteroatoms. The van der Waals surface area contributed by atoms with E-state index >= 15 is 0 Å². The van der Waals surface area contributed by atoms with Gasteiger partial charge in [0.15, 0.2) is 0 Å². The van der Waals surface area contributed by atoms with Crippen molar-refractivity contribution in [3.8, 4) is 0 Å². The number of nitrogens with zero attached hydrogens (tertiary/aromatic N) is 3. The minimum absolute atomic E-state index is 0.139. The van der Waals surface area contributed by atoms with Gasteiger partial charge < -0.3 is 14.5 Å². The van der Waals surface area contributed by atoms with E-state index in [0.29, 0.717) is 19.1 Å². The van der Waals surface area contributed by atoms with Crippen LogP contribution in [0.1, 0.15) is 30.1 Å². The number of carbonyl (C=O) groups excluding carboxylic acids is 1. The molecule has 4 rings (SSSR count). The fraction of sp³-hybridized carbons (Fsp3) is 0.500. The molecule has 0 radical (unpaired) electrons. The summed E-state index contributed by atoms with van der Waals surface area (Å²) in [5.41, 5.74) is 1.67. The average Bonchev–Trinajstić information content (AvgIpc) is 2.68. The molecule has 132 valence electrons. The summed E-state index contributed by atoms with van der Waals surface area (Å²) in [5.74, 6) is 1.73. The van der Waals surface area contributed by atoms with Gasteiger partial charge in [0.25, 0.3) is 5.91 Å². The fourth-order valence-electron chi connectivity index (χ4n) is 3.67. The highest BCUT2D eigenvalue weighted by Crippen LogP contribution is 2.26. The molecule has 5 nitrogen and oxygen atoms in total. The van der Waals surface area contributed by atoms with Gasteiger partial charge in [0, 0.05) is 31.6 Å². The van der Waals surface area contributed by atoms with E-state index in [2.05, 4.69) is 11.8 Å². The van der Waals surface area contributed by atoms with Crippen molar-refractivity contribution in [2.75, 3.05) is 44.3 Å². The van der Waals surface area contributed by atoms with Gasteiger partial charge in [-0.1, -0.05) is 25.1 Å². The number of amides is 1. The van der Waals surface area contributed by atoms with Crippen molar-refractivity contribution in [2.24, 2.45) is 5.92 Å². The highest BCUT2D eigenvalue weighted by Gasteiger charge is 2.24. The van der Waals surface area contributed by atoms with Crippen molar-refractivity contribution in [3.63, 3.8) is 0 Å². The van der Waals surface area contributed by atoms with Crippen molar-refractivity contribution in [3.05, 3.63) is 35.9 Å². The first-order valence-electron chi connectivity index (χ1n) is 9.24. The first kappa shape index (κ1) is 16.3. The number of benzene rings is 1. The zero-order valence-electron chi connectivity index (χ0n) is 14.8. The number of carbonyl (C=O) groups is 1. The molecule has 1 aromatic heterocycles. The van der Waals surface area contributed by atoms with Gasteiger partial charge in [-0.25, -0.2) is 4.98 Å². The lowest BCUT2D eigenvalue weighted by Gasteiger charge is -2.31. The Labute approximate surface area is 148 Å². The number of anilines is 1. The largest absolute Gasteiger partial charge is 0.378 e. The molecule has 0 spiro atoms. The Balaban J connectivity index is 1.71. The van der Waals surface area contributed by atoms with Crippen molar-refractivity contribution in [1.29, 1.82) is 0 Å². The molecule has 25 heavy (non-hydrogen) atoms. The van der Waals surface area contributed by atoms with Crippen LogP contribution in [0.4, 0.5) is 5.82 Å². The van der Waals surface area contributed by atoms with Crippen molar-refractivity contribution >= 4 is 22.6 Å². The molecule has 0 N–H and O–H groups in total. The zero-order valence-corrected chi connectivity index (χ0v) is 14.8. The lowest BCUT2D eigenvalue weighted by atomic mass is 9.98. The molecule has 0 atom stereocenters. The number of aromatic nitrogens is 1. The van der Waals surface area contributed by atoms with Crippen LogP contribution in [0, 0.1) is 5.92 Å². The maximum Gasteiger partial charge on any atom is 0.254 e.